The first-order valence-electron chi connectivity index (χ1n) is 7.06. The summed E-state index contributed by atoms with van der Waals surface area (Å²) in [4.78, 5) is 4.61. The molecule has 0 fully saturated rings. The maximum atomic E-state index is 9.47. The summed E-state index contributed by atoms with van der Waals surface area (Å²) in [5.74, 6) is 0. The predicted molar refractivity (Wildman–Crippen MR) is 99.9 cm³/mol. The first-order valence-corrected chi connectivity index (χ1v) is 8.73. The minimum Gasteiger partial charge on any atom is -0.235 e. The summed E-state index contributed by atoms with van der Waals surface area (Å²) in [5.41, 5.74) is 4.71. The summed E-state index contributed by atoms with van der Waals surface area (Å²) in [6.45, 7) is 2.04. The third-order valence-electron chi connectivity index (χ3n) is 3.35. The lowest BCUT2D eigenvalue weighted by molar-refractivity contribution is 1.37. The molecular formula is C19H13BrN2S. The van der Waals surface area contributed by atoms with Gasteiger partial charge in [0.2, 0.25) is 0 Å². The molecule has 1 heterocycles. The van der Waals surface area contributed by atoms with Crippen LogP contribution in [0, 0.1) is 18.3 Å². The van der Waals surface area contributed by atoms with E-state index < -0.39 is 0 Å². The molecule has 0 saturated carbocycles. The van der Waals surface area contributed by atoms with Gasteiger partial charge in [0.25, 0.3) is 0 Å². The molecule has 0 spiro atoms. The van der Waals surface area contributed by atoms with Crippen LogP contribution < -0.4 is 0 Å². The third kappa shape index (κ3) is 3.76. The Kier molecular flexibility index (Phi) is 4.71. The van der Waals surface area contributed by atoms with E-state index in [0.717, 1.165) is 26.3 Å². The van der Waals surface area contributed by atoms with Crippen LogP contribution in [0.5, 0.6) is 0 Å². The van der Waals surface area contributed by atoms with Gasteiger partial charge in [0, 0.05) is 15.4 Å². The third-order valence-corrected chi connectivity index (χ3v) is 4.75. The second kappa shape index (κ2) is 6.91. The summed E-state index contributed by atoms with van der Waals surface area (Å²) < 4.78 is 1.04. The normalized spacial score (nSPS) is 11.3. The van der Waals surface area contributed by atoms with E-state index in [0.29, 0.717) is 5.57 Å². The SMILES string of the molecule is Cc1cccc(/C=C(\C#N)c2nc(-c3ccc(Br)cc3)cs2)c1. The molecule has 0 N–H and O–H groups in total. The van der Waals surface area contributed by atoms with E-state index in [1.165, 1.54) is 16.9 Å². The molecule has 0 atom stereocenters. The second-order valence-electron chi connectivity index (χ2n) is 5.13. The van der Waals surface area contributed by atoms with Crippen LogP contribution >= 0.6 is 27.3 Å². The highest BCUT2D eigenvalue weighted by Crippen LogP contribution is 2.28. The van der Waals surface area contributed by atoms with Gasteiger partial charge in [0.1, 0.15) is 11.1 Å². The maximum absolute atomic E-state index is 9.47. The molecule has 3 rings (SSSR count). The Morgan fingerprint density at radius 1 is 1.22 bits per heavy atom. The molecule has 0 bridgehead atoms. The van der Waals surface area contributed by atoms with Gasteiger partial charge in [-0.25, -0.2) is 4.98 Å². The second-order valence-corrected chi connectivity index (χ2v) is 6.90. The number of hydrogen-bond acceptors (Lipinski definition) is 3. The number of nitriles is 1. The zero-order valence-corrected chi connectivity index (χ0v) is 14.9. The molecule has 0 unspecified atom stereocenters. The lowest BCUT2D eigenvalue weighted by Crippen LogP contribution is -1.83. The molecule has 3 aromatic rings. The number of aryl methyl sites for hydroxylation is 1. The monoisotopic (exact) mass is 380 g/mol. The van der Waals surface area contributed by atoms with Crippen LogP contribution in [0.1, 0.15) is 16.1 Å². The highest BCUT2D eigenvalue weighted by atomic mass is 79.9. The Morgan fingerprint density at radius 2 is 2.00 bits per heavy atom. The van der Waals surface area contributed by atoms with Gasteiger partial charge in [0.15, 0.2) is 0 Å². The average Bonchev–Trinajstić information content (AvgIpc) is 3.03. The maximum Gasteiger partial charge on any atom is 0.134 e. The molecule has 4 heteroatoms. The van der Waals surface area contributed by atoms with Crippen LogP contribution in [-0.2, 0) is 0 Å². The van der Waals surface area contributed by atoms with Gasteiger partial charge in [-0.1, -0.05) is 57.9 Å². The van der Waals surface area contributed by atoms with Crippen molar-refractivity contribution in [1.82, 2.24) is 4.98 Å². The Labute approximate surface area is 147 Å². The summed E-state index contributed by atoms with van der Waals surface area (Å²) in [7, 11) is 0. The summed E-state index contributed by atoms with van der Waals surface area (Å²) in [6, 6.07) is 18.3. The summed E-state index contributed by atoms with van der Waals surface area (Å²) >= 11 is 4.92. The highest BCUT2D eigenvalue weighted by Gasteiger charge is 2.09. The molecule has 2 aromatic carbocycles. The van der Waals surface area contributed by atoms with Crippen LogP contribution in [0.3, 0.4) is 0 Å². The van der Waals surface area contributed by atoms with Crippen molar-refractivity contribution in [3.8, 4) is 17.3 Å². The number of aromatic nitrogens is 1. The van der Waals surface area contributed by atoms with Crippen molar-refractivity contribution < 1.29 is 0 Å². The van der Waals surface area contributed by atoms with E-state index in [1.807, 2.05) is 60.8 Å². The van der Waals surface area contributed by atoms with Crippen LogP contribution in [0.4, 0.5) is 0 Å². The molecule has 2 nitrogen and oxygen atoms in total. The largest absolute Gasteiger partial charge is 0.235 e. The lowest BCUT2D eigenvalue weighted by atomic mass is 10.1. The molecule has 0 aliphatic rings. The van der Waals surface area contributed by atoms with Crippen molar-refractivity contribution in [1.29, 1.82) is 5.26 Å². The minimum absolute atomic E-state index is 0.587. The highest BCUT2D eigenvalue weighted by molar-refractivity contribution is 9.10. The standard InChI is InChI=1S/C19H13BrN2S/c1-13-3-2-4-14(9-13)10-16(11-21)19-22-18(12-23-19)15-5-7-17(20)8-6-15/h2-10,12H,1H3/b16-10+. The molecule has 23 heavy (non-hydrogen) atoms. The molecule has 0 amide bonds. The molecule has 0 radical (unpaired) electrons. The molecule has 0 aliphatic carbocycles. The fourth-order valence-corrected chi connectivity index (χ4v) is 3.28. The van der Waals surface area contributed by atoms with Crippen LogP contribution in [0.2, 0.25) is 0 Å². The Balaban J connectivity index is 1.94. The van der Waals surface area contributed by atoms with E-state index in [-0.39, 0.29) is 0 Å². The zero-order chi connectivity index (χ0) is 16.2. The number of halogens is 1. The topological polar surface area (TPSA) is 36.7 Å². The molecule has 0 aliphatic heterocycles. The van der Waals surface area contributed by atoms with Crippen LogP contribution in [0.15, 0.2) is 58.4 Å². The van der Waals surface area contributed by atoms with E-state index in [4.69, 9.17) is 0 Å². The van der Waals surface area contributed by atoms with Gasteiger partial charge in [-0.2, -0.15) is 5.26 Å². The molecule has 0 saturated heterocycles. The van der Waals surface area contributed by atoms with Crippen molar-refractivity contribution in [3.05, 3.63) is 74.5 Å². The van der Waals surface area contributed by atoms with Crippen LogP contribution in [0.25, 0.3) is 22.9 Å². The number of allylic oxidation sites excluding steroid dienone is 1. The number of rotatable bonds is 3. The Morgan fingerprint density at radius 3 is 2.70 bits per heavy atom. The number of nitrogens with zero attached hydrogens (tertiary/aromatic N) is 2. The summed E-state index contributed by atoms with van der Waals surface area (Å²) in [6.07, 6.45) is 1.89. The van der Waals surface area contributed by atoms with Gasteiger partial charge >= 0.3 is 0 Å². The molecule has 1 aromatic heterocycles. The smallest absolute Gasteiger partial charge is 0.134 e. The lowest BCUT2D eigenvalue weighted by Gasteiger charge is -1.98. The fourth-order valence-electron chi connectivity index (χ4n) is 2.22. The molecular weight excluding hydrogens is 368 g/mol. The van der Waals surface area contributed by atoms with Gasteiger partial charge in [-0.15, -0.1) is 11.3 Å². The summed E-state index contributed by atoms with van der Waals surface area (Å²) in [5, 5.41) is 12.2. The van der Waals surface area contributed by atoms with Gasteiger partial charge in [-0.05, 0) is 30.7 Å². The van der Waals surface area contributed by atoms with Crippen molar-refractivity contribution in [3.63, 3.8) is 0 Å². The van der Waals surface area contributed by atoms with Gasteiger partial charge < -0.3 is 0 Å². The van der Waals surface area contributed by atoms with Crippen LogP contribution in [-0.4, -0.2) is 4.98 Å². The van der Waals surface area contributed by atoms with Crippen molar-refractivity contribution in [2.24, 2.45) is 0 Å². The van der Waals surface area contributed by atoms with E-state index >= 15 is 0 Å². The predicted octanol–water partition coefficient (Wildman–Crippen LogP) is 5.95. The minimum atomic E-state index is 0.587. The van der Waals surface area contributed by atoms with Crippen molar-refractivity contribution in [2.75, 3.05) is 0 Å². The van der Waals surface area contributed by atoms with Gasteiger partial charge in [0.05, 0.1) is 11.3 Å². The Bertz CT molecular complexity index is 902. The van der Waals surface area contributed by atoms with Gasteiger partial charge in [-0.3, -0.25) is 0 Å². The molecule has 112 valence electrons. The first-order chi connectivity index (χ1) is 11.2. The average molecular weight is 381 g/mol. The number of benzene rings is 2. The Hall–Kier alpha value is -2.22. The quantitative estimate of drug-likeness (QED) is 0.526. The van der Waals surface area contributed by atoms with E-state index in [9.17, 15) is 5.26 Å². The van der Waals surface area contributed by atoms with Crippen molar-refractivity contribution >= 4 is 38.9 Å². The fraction of sp³-hybridized carbons (Fsp3) is 0.0526. The van der Waals surface area contributed by atoms with E-state index in [1.54, 1.807) is 0 Å². The number of thiazole rings is 1. The van der Waals surface area contributed by atoms with Crippen molar-refractivity contribution in [2.45, 2.75) is 6.92 Å². The van der Waals surface area contributed by atoms with E-state index in [2.05, 4.69) is 33.0 Å². The zero-order valence-electron chi connectivity index (χ0n) is 12.5. The number of hydrogen-bond donors (Lipinski definition) is 0. The first kappa shape index (κ1) is 15.7.